The van der Waals surface area contributed by atoms with Gasteiger partial charge in [0.2, 0.25) is 6.29 Å². The fraction of sp³-hybridized carbons (Fsp3) is 0.905. The van der Waals surface area contributed by atoms with Crippen LogP contribution in [-0.4, -0.2) is 150 Å². The van der Waals surface area contributed by atoms with Crippen LogP contribution in [0.4, 0.5) is 0 Å². The number of esters is 2. The molecule has 2 heterocycles. The molecule has 7 rings (SSSR count). The van der Waals surface area contributed by atoms with Crippen molar-refractivity contribution in [1.82, 2.24) is 0 Å². The normalized spacial score (nSPS) is 53.8. The van der Waals surface area contributed by atoms with Crippen LogP contribution in [0.1, 0.15) is 99.3 Å². The van der Waals surface area contributed by atoms with E-state index in [1.54, 1.807) is 0 Å². The van der Waals surface area contributed by atoms with Crippen LogP contribution in [0.25, 0.3) is 0 Å². The Morgan fingerprint density at radius 2 is 1.38 bits per heavy atom. The highest BCUT2D eigenvalue weighted by molar-refractivity contribution is 5.79. The van der Waals surface area contributed by atoms with Gasteiger partial charge in [-0.2, -0.15) is 0 Å². The number of aliphatic hydroxyl groups excluding tert-OH is 10. The van der Waals surface area contributed by atoms with Crippen molar-refractivity contribution < 1.29 is 79.6 Å². The molecule has 2 saturated heterocycles. The standard InChI is InChI=1S/C42H66O16/c1-37(2)13-15-42(36(54)58-35-30(50)26(46)25(45)20(17-43)55-35)16-14-40(5)19(24(42)32(37)51)7-8-22-38(3)11-10-23(39(4,18-44)21(38)9-12-41(22,40)6)56-34(53)31-28(48)27(47)29(49)33(52)57-31/h7,20-33,35,43-52H,8-18H2,1-6H3/t20-,21+,22+,23+,24+,25-,26+,27+,28+,29-,30-,31+,32+,33-,35+,38+,39-,40-,41-,42+/m1/s1. The molecule has 20 atom stereocenters. The van der Waals surface area contributed by atoms with Crippen LogP contribution in [0.15, 0.2) is 11.6 Å². The molecular weight excluding hydrogens is 760 g/mol. The molecule has 0 radical (unpaired) electrons. The lowest BCUT2D eigenvalue weighted by Gasteiger charge is -2.71. The van der Waals surface area contributed by atoms with Crippen LogP contribution in [0.2, 0.25) is 0 Å². The number of hydrogen-bond acceptors (Lipinski definition) is 16. The van der Waals surface area contributed by atoms with E-state index in [1.807, 2.05) is 20.8 Å². The molecule has 16 nitrogen and oxygen atoms in total. The summed E-state index contributed by atoms with van der Waals surface area (Å²) in [5.41, 5.74) is -2.80. The first-order valence-corrected chi connectivity index (χ1v) is 21.1. The summed E-state index contributed by atoms with van der Waals surface area (Å²) in [6, 6.07) is 0. The lowest BCUT2D eigenvalue weighted by atomic mass is 9.33. The molecule has 0 unspecified atom stereocenters. The van der Waals surface area contributed by atoms with Gasteiger partial charge in [0.05, 0.1) is 24.7 Å². The third kappa shape index (κ3) is 6.21. The van der Waals surface area contributed by atoms with E-state index < -0.39 is 120 Å². The maximum absolute atomic E-state index is 14.6. The fourth-order valence-corrected chi connectivity index (χ4v) is 13.4. The summed E-state index contributed by atoms with van der Waals surface area (Å²) in [5.74, 6) is -2.33. The van der Waals surface area contributed by atoms with Gasteiger partial charge in [-0.05, 0) is 91.3 Å². The number of fused-ring (bicyclic) bond motifs is 7. The van der Waals surface area contributed by atoms with E-state index in [0.717, 1.165) is 12.0 Å². The zero-order chi connectivity index (χ0) is 42.7. The van der Waals surface area contributed by atoms with Crippen LogP contribution >= 0.6 is 0 Å². The van der Waals surface area contributed by atoms with Crippen molar-refractivity contribution in [3.8, 4) is 0 Å². The molecule has 10 N–H and O–H groups in total. The van der Waals surface area contributed by atoms with Gasteiger partial charge in [-0.1, -0.05) is 53.2 Å². The van der Waals surface area contributed by atoms with Crippen LogP contribution in [0, 0.1) is 50.2 Å². The van der Waals surface area contributed by atoms with E-state index in [0.29, 0.717) is 51.4 Å². The van der Waals surface area contributed by atoms with E-state index in [1.165, 1.54) is 0 Å². The number of carbonyl (C=O) groups excluding carboxylic acids is 2. The summed E-state index contributed by atoms with van der Waals surface area (Å²) >= 11 is 0. The zero-order valence-electron chi connectivity index (χ0n) is 34.4. The highest BCUT2D eigenvalue weighted by Crippen LogP contribution is 2.76. The Kier molecular flexibility index (Phi) is 11.4. The van der Waals surface area contributed by atoms with Crippen molar-refractivity contribution in [2.75, 3.05) is 13.2 Å². The van der Waals surface area contributed by atoms with Gasteiger partial charge in [0, 0.05) is 11.3 Å². The van der Waals surface area contributed by atoms with Gasteiger partial charge in [0.15, 0.2) is 12.4 Å². The van der Waals surface area contributed by atoms with Crippen LogP contribution in [0.5, 0.6) is 0 Å². The average Bonchev–Trinajstić information content (AvgIpc) is 3.18. The molecule has 330 valence electrons. The number of rotatable bonds is 6. The van der Waals surface area contributed by atoms with Crippen LogP contribution < -0.4 is 0 Å². The predicted octanol–water partition coefficient (Wildman–Crippen LogP) is -0.214. The molecule has 7 aliphatic rings. The van der Waals surface area contributed by atoms with Crippen molar-refractivity contribution >= 4 is 11.9 Å². The minimum Gasteiger partial charge on any atom is -0.460 e. The van der Waals surface area contributed by atoms with Gasteiger partial charge >= 0.3 is 11.9 Å². The van der Waals surface area contributed by atoms with Gasteiger partial charge in [-0.15, -0.1) is 0 Å². The van der Waals surface area contributed by atoms with Gasteiger partial charge in [0.1, 0.15) is 48.8 Å². The van der Waals surface area contributed by atoms with E-state index in [4.69, 9.17) is 18.9 Å². The average molecular weight is 827 g/mol. The largest absolute Gasteiger partial charge is 0.460 e. The number of aliphatic hydroxyl groups is 10. The predicted molar refractivity (Wildman–Crippen MR) is 200 cm³/mol. The molecule has 0 amide bonds. The summed E-state index contributed by atoms with van der Waals surface area (Å²) in [4.78, 5) is 28.0. The molecular formula is C42H66O16. The van der Waals surface area contributed by atoms with Crippen molar-refractivity contribution in [3.05, 3.63) is 11.6 Å². The summed E-state index contributed by atoms with van der Waals surface area (Å²) in [5, 5.41) is 105. The van der Waals surface area contributed by atoms with Crippen molar-refractivity contribution in [3.63, 3.8) is 0 Å². The number of carbonyl (C=O) groups is 2. The molecule has 2 aliphatic heterocycles. The van der Waals surface area contributed by atoms with Crippen LogP contribution in [0.3, 0.4) is 0 Å². The Morgan fingerprint density at radius 1 is 0.724 bits per heavy atom. The van der Waals surface area contributed by atoms with Crippen molar-refractivity contribution in [1.29, 1.82) is 0 Å². The first kappa shape index (κ1) is 44.3. The van der Waals surface area contributed by atoms with Gasteiger partial charge in [-0.25, -0.2) is 4.79 Å². The third-order valence-corrected chi connectivity index (χ3v) is 17.5. The first-order valence-electron chi connectivity index (χ1n) is 21.1. The summed E-state index contributed by atoms with van der Waals surface area (Å²) in [6.07, 6.45) is -11.7. The molecule has 0 spiro atoms. The lowest BCUT2D eigenvalue weighted by molar-refractivity contribution is -0.298. The Balaban J connectivity index is 1.18. The minimum absolute atomic E-state index is 0.0904. The molecule has 16 heteroatoms. The molecule has 4 saturated carbocycles. The van der Waals surface area contributed by atoms with Crippen LogP contribution in [-0.2, 0) is 28.5 Å². The molecule has 6 fully saturated rings. The quantitative estimate of drug-likeness (QED) is 0.123. The fourth-order valence-electron chi connectivity index (χ4n) is 13.4. The Bertz CT molecular complexity index is 1620. The summed E-state index contributed by atoms with van der Waals surface area (Å²) in [7, 11) is 0. The number of ether oxygens (including phenoxy) is 4. The second-order valence-corrected chi connectivity index (χ2v) is 20.5. The van der Waals surface area contributed by atoms with Crippen molar-refractivity contribution in [2.24, 2.45) is 50.2 Å². The van der Waals surface area contributed by atoms with E-state index in [2.05, 4.69) is 26.8 Å². The Labute approximate surface area is 339 Å². The van der Waals surface area contributed by atoms with Gasteiger partial charge in [0.25, 0.3) is 0 Å². The smallest absolute Gasteiger partial charge is 0.338 e. The third-order valence-electron chi connectivity index (χ3n) is 17.5. The number of hydrogen-bond donors (Lipinski definition) is 10. The molecule has 0 aromatic rings. The number of allylic oxidation sites excluding steroid dienone is 1. The van der Waals surface area contributed by atoms with Gasteiger partial charge in [-0.3, -0.25) is 4.79 Å². The SMILES string of the molecule is CC1(C)CC[C@]2(C(=O)O[C@@H]3O[C@H](CO)[C@@H](O)[C@H](O)[C@H]3O)CC[C@]3(C)C(=CC[C@H]4[C@@]5(C)CC[C@H](OC(=O)[C@H]6O[C@@H](O)[C@H](O)[C@@H](O)[C@@H]6O)[C@](C)(CO)[C@H]5CC[C@]43C)[C@H]2[C@@H]1O. The molecule has 0 aromatic carbocycles. The first-order chi connectivity index (χ1) is 27.0. The topological polar surface area (TPSA) is 273 Å². The maximum atomic E-state index is 14.6. The molecule has 0 bridgehead atoms. The molecule has 58 heavy (non-hydrogen) atoms. The summed E-state index contributed by atoms with van der Waals surface area (Å²) < 4.78 is 22.6. The van der Waals surface area contributed by atoms with Gasteiger partial charge < -0.3 is 70.0 Å². The Hall–Kier alpha value is -1.80. The lowest BCUT2D eigenvalue weighted by Crippen LogP contribution is -2.68. The van der Waals surface area contributed by atoms with E-state index in [9.17, 15) is 60.7 Å². The monoisotopic (exact) mass is 826 g/mol. The molecule has 0 aromatic heterocycles. The maximum Gasteiger partial charge on any atom is 0.338 e. The van der Waals surface area contributed by atoms with E-state index >= 15 is 0 Å². The minimum atomic E-state index is -1.91. The highest BCUT2D eigenvalue weighted by atomic mass is 16.7. The highest BCUT2D eigenvalue weighted by Gasteiger charge is 2.72. The second-order valence-electron chi connectivity index (χ2n) is 20.5. The van der Waals surface area contributed by atoms with E-state index in [-0.39, 0.29) is 29.3 Å². The Morgan fingerprint density at radius 3 is 2.03 bits per heavy atom. The van der Waals surface area contributed by atoms with Crippen molar-refractivity contribution in [2.45, 2.75) is 173 Å². The second kappa shape index (κ2) is 14.9. The summed E-state index contributed by atoms with van der Waals surface area (Å²) in [6.45, 7) is 11.7. The molecule has 5 aliphatic carbocycles. The zero-order valence-corrected chi connectivity index (χ0v) is 34.4.